The summed E-state index contributed by atoms with van der Waals surface area (Å²) in [6.07, 6.45) is 3.16. The van der Waals surface area contributed by atoms with Gasteiger partial charge in [-0.25, -0.2) is 0 Å². The van der Waals surface area contributed by atoms with E-state index in [-0.39, 0.29) is 11.6 Å². The van der Waals surface area contributed by atoms with Crippen LogP contribution in [0.1, 0.15) is 27.9 Å². The van der Waals surface area contributed by atoms with Gasteiger partial charge in [-0.3, -0.25) is 19.0 Å². The van der Waals surface area contributed by atoms with Gasteiger partial charge < -0.3 is 10.6 Å². The van der Waals surface area contributed by atoms with Gasteiger partial charge in [-0.15, -0.1) is 0 Å². The van der Waals surface area contributed by atoms with E-state index in [1.165, 1.54) is 10.9 Å². The van der Waals surface area contributed by atoms with Gasteiger partial charge in [0.25, 0.3) is 11.8 Å². The highest BCUT2D eigenvalue weighted by atomic mass is 79.9. The lowest BCUT2D eigenvalue weighted by atomic mass is 10.3. The Hall–Kier alpha value is -2.94. The first-order valence-electron chi connectivity index (χ1n) is 7.92. The Bertz CT molecular complexity index is 928. The van der Waals surface area contributed by atoms with E-state index in [0.717, 1.165) is 0 Å². The molecule has 9 heteroatoms. The van der Waals surface area contributed by atoms with Crippen LogP contribution in [0.4, 0.5) is 11.4 Å². The number of aryl methyl sites for hydroxylation is 2. The molecule has 0 aliphatic heterocycles. The highest BCUT2D eigenvalue weighted by molar-refractivity contribution is 9.10. The minimum absolute atomic E-state index is 0.141. The van der Waals surface area contributed by atoms with Crippen LogP contribution in [-0.4, -0.2) is 31.4 Å². The van der Waals surface area contributed by atoms with E-state index in [1.54, 1.807) is 30.1 Å². The maximum absolute atomic E-state index is 12.6. The van der Waals surface area contributed by atoms with Gasteiger partial charge in [0.2, 0.25) is 0 Å². The second-order valence-electron chi connectivity index (χ2n) is 5.49. The molecule has 0 spiro atoms. The van der Waals surface area contributed by atoms with Crippen LogP contribution >= 0.6 is 15.9 Å². The maximum Gasteiger partial charge on any atom is 0.278 e. The van der Waals surface area contributed by atoms with Crippen molar-refractivity contribution in [2.75, 3.05) is 10.6 Å². The largest absolute Gasteiger partial charge is 0.321 e. The third kappa shape index (κ3) is 3.67. The second-order valence-corrected chi connectivity index (χ2v) is 6.34. The van der Waals surface area contributed by atoms with Crippen molar-refractivity contribution in [2.45, 2.75) is 13.5 Å². The lowest BCUT2D eigenvalue weighted by Crippen LogP contribution is -2.20. The van der Waals surface area contributed by atoms with E-state index in [0.29, 0.717) is 28.1 Å². The van der Waals surface area contributed by atoms with Crippen molar-refractivity contribution < 1.29 is 9.59 Å². The van der Waals surface area contributed by atoms with Crippen LogP contribution in [0.5, 0.6) is 0 Å². The molecule has 26 heavy (non-hydrogen) atoms. The molecule has 1 aromatic carbocycles. The van der Waals surface area contributed by atoms with Crippen molar-refractivity contribution >= 4 is 39.1 Å². The van der Waals surface area contributed by atoms with Gasteiger partial charge in [0.1, 0.15) is 5.69 Å². The van der Waals surface area contributed by atoms with Crippen LogP contribution in [-0.2, 0) is 13.6 Å². The number of rotatable bonds is 5. The standard InChI is InChI=1S/C17H17BrN6O2/c1-3-24-10-13(21-17(26)15-12(18)9-19-23(15)2)14(22-24)16(25)20-11-7-5-4-6-8-11/h4-10H,3H2,1-2H3,(H,20,25)(H,21,26). The molecule has 134 valence electrons. The first-order chi connectivity index (χ1) is 12.5. The molecule has 0 radical (unpaired) electrons. The van der Waals surface area contributed by atoms with Crippen molar-refractivity contribution in [3.05, 3.63) is 58.6 Å². The fourth-order valence-corrected chi connectivity index (χ4v) is 2.93. The Morgan fingerprint density at radius 3 is 2.50 bits per heavy atom. The molecule has 0 saturated heterocycles. The molecule has 3 rings (SSSR count). The molecule has 0 atom stereocenters. The number of benzene rings is 1. The molecule has 2 amide bonds. The van der Waals surface area contributed by atoms with E-state index in [9.17, 15) is 9.59 Å². The number of hydrogen-bond acceptors (Lipinski definition) is 4. The molecule has 0 fully saturated rings. The summed E-state index contributed by atoms with van der Waals surface area (Å²) in [4.78, 5) is 25.2. The molecule has 0 aliphatic rings. The fraction of sp³-hybridized carbons (Fsp3) is 0.176. The third-order valence-electron chi connectivity index (χ3n) is 3.69. The predicted octanol–water partition coefficient (Wildman–Crippen LogP) is 2.90. The van der Waals surface area contributed by atoms with E-state index < -0.39 is 5.91 Å². The van der Waals surface area contributed by atoms with E-state index in [1.807, 2.05) is 25.1 Å². The SMILES string of the molecule is CCn1cc(NC(=O)c2c(Br)cnn2C)c(C(=O)Nc2ccccc2)n1. The summed E-state index contributed by atoms with van der Waals surface area (Å²) < 4.78 is 3.61. The lowest BCUT2D eigenvalue weighted by Gasteiger charge is -2.07. The molecule has 8 nitrogen and oxygen atoms in total. The Morgan fingerprint density at radius 1 is 1.15 bits per heavy atom. The summed E-state index contributed by atoms with van der Waals surface area (Å²) >= 11 is 3.30. The summed E-state index contributed by atoms with van der Waals surface area (Å²) in [7, 11) is 1.66. The van der Waals surface area contributed by atoms with Crippen molar-refractivity contribution in [1.29, 1.82) is 0 Å². The fourth-order valence-electron chi connectivity index (χ4n) is 2.40. The Kier molecular flexibility index (Phi) is 5.17. The van der Waals surface area contributed by atoms with Gasteiger partial charge in [0, 0.05) is 25.5 Å². The molecule has 0 bridgehead atoms. The van der Waals surface area contributed by atoms with Crippen molar-refractivity contribution in [3.8, 4) is 0 Å². The van der Waals surface area contributed by atoms with Crippen molar-refractivity contribution in [1.82, 2.24) is 19.6 Å². The van der Waals surface area contributed by atoms with Gasteiger partial charge in [-0.05, 0) is 35.0 Å². The van der Waals surface area contributed by atoms with E-state index >= 15 is 0 Å². The smallest absolute Gasteiger partial charge is 0.278 e. The number of anilines is 2. The Balaban J connectivity index is 1.86. The minimum Gasteiger partial charge on any atom is -0.321 e. The van der Waals surface area contributed by atoms with Gasteiger partial charge >= 0.3 is 0 Å². The monoisotopic (exact) mass is 416 g/mol. The van der Waals surface area contributed by atoms with Crippen molar-refractivity contribution in [2.24, 2.45) is 7.05 Å². The number of para-hydroxylation sites is 1. The van der Waals surface area contributed by atoms with Gasteiger partial charge in [-0.2, -0.15) is 10.2 Å². The van der Waals surface area contributed by atoms with Crippen LogP contribution in [0.15, 0.2) is 47.2 Å². The zero-order valence-corrected chi connectivity index (χ0v) is 15.8. The molecule has 2 aromatic heterocycles. The Morgan fingerprint density at radius 2 is 1.88 bits per heavy atom. The van der Waals surface area contributed by atoms with Gasteiger partial charge in [0.15, 0.2) is 5.69 Å². The quantitative estimate of drug-likeness (QED) is 0.668. The summed E-state index contributed by atoms with van der Waals surface area (Å²) in [6, 6.07) is 9.06. The average molecular weight is 417 g/mol. The number of amides is 2. The predicted molar refractivity (Wildman–Crippen MR) is 101 cm³/mol. The minimum atomic E-state index is -0.400. The third-order valence-corrected chi connectivity index (χ3v) is 4.27. The lowest BCUT2D eigenvalue weighted by molar-refractivity contribution is 0.101. The van der Waals surface area contributed by atoms with Gasteiger partial charge in [0.05, 0.1) is 16.4 Å². The zero-order chi connectivity index (χ0) is 18.7. The summed E-state index contributed by atoms with van der Waals surface area (Å²) in [5.41, 5.74) is 1.47. The van der Waals surface area contributed by atoms with Crippen LogP contribution in [0, 0.1) is 0 Å². The topological polar surface area (TPSA) is 93.8 Å². The number of halogens is 1. The molecular formula is C17H17BrN6O2. The molecule has 0 saturated carbocycles. The number of carbonyl (C=O) groups is 2. The number of nitrogens with one attached hydrogen (secondary N) is 2. The first kappa shape index (κ1) is 17.9. The normalized spacial score (nSPS) is 10.6. The zero-order valence-electron chi connectivity index (χ0n) is 14.2. The van der Waals surface area contributed by atoms with E-state index in [2.05, 4.69) is 36.8 Å². The summed E-state index contributed by atoms with van der Waals surface area (Å²) in [5.74, 6) is -0.788. The number of aromatic nitrogens is 4. The van der Waals surface area contributed by atoms with Crippen LogP contribution in [0.3, 0.4) is 0 Å². The molecule has 0 aliphatic carbocycles. The number of carbonyl (C=O) groups excluding carboxylic acids is 2. The number of nitrogens with zero attached hydrogens (tertiary/aromatic N) is 4. The van der Waals surface area contributed by atoms with Crippen LogP contribution in [0.2, 0.25) is 0 Å². The molecule has 2 N–H and O–H groups in total. The maximum atomic E-state index is 12.6. The van der Waals surface area contributed by atoms with Crippen LogP contribution in [0.25, 0.3) is 0 Å². The molecule has 0 unspecified atom stereocenters. The van der Waals surface area contributed by atoms with E-state index in [4.69, 9.17) is 0 Å². The number of hydrogen-bond donors (Lipinski definition) is 2. The summed E-state index contributed by atoms with van der Waals surface area (Å²) in [6.45, 7) is 2.46. The van der Waals surface area contributed by atoms with Gasteiger partial charge in [-0.1, -0.05) is 18.2 Å². The van der Waals surface area contributed by atoms with Crippen molar-refractivity contribution in [3.63, 3.8) is 0 Å². The average Bonchev–Trinajstić information content (AvgIpc) is 3.18. The summed E-state index contributed by atoms with van der Waals surface area (Å²) in [5, 5.41) is 13.8. The second kappa shape index (κ2) is 7.52. The molecular weight excluding hydrogens is 400 g/mol. The highest BCUT2D eigenvalue weighted by Crippen LogP contribution is 2.20. The molecule has 3 aromatic rings. The van der Waals surface area contributed by atoms with Crippen LogP contribution < -0.4 is 10.6 Å². The highest BCUT2D eigenvalue weighted by Gasteiger charge is 2.22. The first-order valence-corrected chi connectivity index (χ1v) is 8.71. The molecule has 2 heterocycles. The Labute approximate surface area is 158 Å².